The smallest absolute Gasteiger partial charge is 0.378 e. The predicted molar refractivity (Wildman–Crippen MR) is 65.3 cm³/mol. The topological polar surface area (TPSA) is 36.3 Å². The number of benzene rings is 1. The highest BCUT2D eigenvalue weighted by Gasteiger charge is 2.30. The third-order valence-electron chi connectivity index (χ3n) is 3.02. The molecule has 0 saturated carbocycles. The fraction of sp³-hybridized carbons (Fsp3) is 0.462. The van der Waals surface area contributed by atoms with E-state index < -0.39 is 11.7 Å². The second-order valence-corrected chi connectivity index (χ2v) is 4.42. The van der Waals surface area contributed by atoms with Gasteiger partial charge in [-0.25, -0.2) is 0 Å². The third kappa shape index (κ3) is 3.70. The minimum atomic E-state index is -4.34. The fourth-order valence-electron chi connectivity index (χ4n) is 2.00. The van der Waals surface area contributed by atoms with Crippen molar-refractivity contribution in [2.45, 2.75) is 12.6 Å². The van der Waals surface area contributed by atoms with E-state index in [0.717, 1.165) is 12.1 Å². The number of rotatable bonds is 2. The van der Waals surface area contributed by atoms with Gasteiger partial charge in [0.05, 0.1) is 18.8 Å². The molecule has 3 nitrogen and oxygen atoms in total. The molecule has 0 radical (unpaired) electrons. The average molecular weight is 272 g/mol. The first kappa shape index (κ1) is 13.9. The number of halogens is 3. The molecule has 0 amide bonds. The Kier molecular flexibility index (Phi) is 4.09. The molecular formula is C13H15F3N2O. The summed E-state index contributed by atoms with van der Waals surface area (Å²) in [5, 5.41) is 7.94. The summed E-state index contributed by atoms with van der Waals surface area (Å²) >= 11 is 0. The highest BCUT2D eigenvalue weighted by Crippen LogP contribution is 2.29. The molecule has 0 aliphatic carbocycles. The normalized spacial score (nSPS) is 16.5. The minimum absolute atomic E-state index is 0.212. The highest BCUT2D eigenvalue weighted by molar-refractivity contribution is 5.81. The number of ether oxygens (including phenoxy) is 1. The Morgan fingerprint density at radius 3 is 2.58 bits per heavy atom. The summed E-state index contributed by atoms with van der Waals surface area (Å²) in [4.78, 5) is 1.84. The number of hydrogen-bond acceptors (Lipinski definition) is 2. The van der Waals surface area contributed by atoms with Crippen LogP contribution in [0.2, 0.25) is 0 Å². The van der Waals surface area contributed by atoms with E-state index in [9.17, 15) is 13.2 Å². The zero-order valence-corrected chi connectivity index (χ0v) is 10.3. The maximum Gasteiger partial charge on any atom is 0.416 e. The first-order valence-corrected chi connectivity index (χ1v) is 6.03. The van der Waals surface area contributed by atoms with Crippen molar-refractivity contribution in [3.8, 4) is 0 Å². The van der Waals surface area contributed by atoms with Crippen LogP contribution in [0.15, 0.2) is 24.3 Å². The molecule has 19 heavy (non-hydrogen) atoms. The first-order chi connectivity index (χ1) is 8.97. The summed E-state index contributed by atoms with van der Waals surface area (Å²) in [6, 6.07) is 5.14. The lowest BCUT2D eigenvalue weighted by molar-refractivity contribution is -0.137. The average Bonchev–Trinajstić information content (AvgIpc) is 2.39. The van der Waals surface area contributed by atoms with Crippen LogP contribution in [0.1, 0.15) is 11.1 Å². The molecule has 2 rings (SSSR count). The molecule has 0 spiro atoms. The van der Waals surface area contributed by atoms with Crippen molar-refractivity contribution in [3.05, 3.63) is 35.4 Å². The van der Waals surface area contributed by atoms with Gasteiger partial charge in [0.25, 0.3) is 0 Å². The summed E-state index contributed by atoms with van der Waals surface area (Å²) in [5.41, 5.74) is -0.161. The van der Waals surface area contributed by atoms with Gasteiger partial charge in [0.1, 0.15) is 5.84 Å². The molecule has 1 saturated heterocycles. The van der Waals surface area contributed by atoms with E-state index >= 15 is 0 Å². The number of hydrogen-bond donors (Lipinski definition) is 1. The summed E-state index contributed by atoms with van der Waals surface area (Å²) < 4.78 is 42.9. The largest absolute Gasteiger partial charge is 0.416 e. The van der Waals surface area contributed by atoms with Crippen molar-refractivity contribution in [1.29, 1.82) is 5.41 Å². The van der Waals surface area contributed by atoms with E-state index in [2.05, 4.69) is 0 Å². The third-order valence-corrected chi connectivity index (χ3v) is 3.02. The molecule has 1 aliphatic rings. The lowest BCUT2D eigenvalue weighted by atomic mass is 10.1. The van der Waals surface area contributed by atoms with Gasteiger partial charge in [-0.3, -0.25) is 5.41 Å². The zero-order chi connectivity index (χ0) is 13.9. The van der Waals surface area contributed by atoms with Crippen LogP contribution in [0.5, 0.6) is 0 Å². The molecular weight excluding hydrogens is 257 g/mol. The molecule has 0 unspecified atom stereocenters. The quantitative estimate of drug-likeness (QED) is 0.663. The van der Waals surface area contributed by atoms with E-state index in [1.807, 2.05) is 4.90 Å². The number of nitrogens with zero attached hydrogens (tertiary/aromatic N) is 1. The van der Waals surface area contributed by atoms with E-state index in [-0.39, 0.29) is 6.42 Å². The van der Waals surface area contributed by atoms with E-state index in [1.165, 1.54) is 6.07 Å². The van der Waals surface area contributed by atoms with Gasteiger partial charge >= 0.3 is 6.18 Å². The number of morpholine rings is 1. The summed E-state index contributed by atoms with van der Waals surface area (Å²) in [6.45, 7) is 2.37. The Balaban J connectivity index is 2.04. The molecule has 1 aromatic carbocycles. The van der Waals surface area contributed by atoms with E-state index in [1.54, 1.807) is 6.07 Å². The maximum atomic E-state index is 12.6. The molecule has 0 bridgehead atoms. The maximum absolute atomic E-state index is 12.6. The SMILES string of the molecule is N=C(Cc1cccc(C(F)(F)F)c1)N1CCOCC1. The van der Waals surface area contributed by atoms with Crippen molar-refractivity contribution >= 4 is 5.84 Å². The van der Waals surface area contributed by atoms with Gasteiger partial charge in [-0.15, -0.1) is 0 Å². The lowest BCUT2D eigenvalue weighted by Gasteiger charge is -2.29. The van der Waals surface area contributed by atoms with Crippen LogP contribution >= 0.6 is 0 Å². The molecule has 6 heteroatoms. The highest BCUT2D eigenvalue weighted by atomic mass is 19.4. The zero-order valence-electron chi connectivity index (χ0n) is 10.3. The van der Waals surface area contributed by atoms with Gasteiger partial charge < -0.3 is 9.64 Å². The number of amidine groups is 1. The van der Waals surface area contributed by atoms with Crippen LogP contribution < -0.4 is 0 Å². The first-order valence-electron chi connectivity index (χ1n) is 6.03. The second-order valence-electron chi connectivity index (χ2n) is 4.42. The van der Waals surface area contributed by atoms with Crippen LogP contribution in [-0.2, 0) is 17.3 Å². The van der Waals surface area contributed by atoms with E-state index in [4.69, 9.17) is 10.1 Å². The number of nitrogens with one attached hydrogen (secondary N) is 1. The fourth-order valence-corrected chi connectivity index (χ4v) is 2.00. The molecule has 1 heterocycles. The Bertz CT molecular complexity index is 453. The van der Waals surface area contributed by atoms with Gasteiger partial charge in [-0.1, -0.05) is 18.2 Å². The summed E-state index contributed by atoms with van der Waals surface area (Å²) in [5.74, 6) is 0.336. The second kappa shape index (κ2) is 5.61. The van der Waals surface area contributed by atoms with Gasteiger partial charge in [0, 0.05) is 19.5 Å². The van der Waals surface area contributed by atoms with Gasteiger partial charge in [-0.2, -0.15) is 13.2 Å². The van der Waals surface area contributed by atoms with Crippen molar-refractivity contribution in [3.63, 3.8) is 0 Å². The van der Waals surface area contributed by atoms with Crippen LogP contribution in [0.3, 0.4) is 0 Å². The molecule has 0 aromatic heterocycles. The Morgan fingerprint density at radius 2 is 1.95 bits per heavy atom. The van der Waals surface area contributed by atoms with Gasteiger partial charge in [0.15, 0.2) is 0 Å². The Morgan fingerprint density at radius 1 is 1.26 bits per heavy atom. The Labute approximate surface area is 109 Å². The van der Waals surface area contributed by atoms with Crippen molar-refractivity contribution < 1.29 is 17.9 Å². The van der Waals surface area contributed by atoms with Crippen LogP contribution in [-0.4, -0.2) is 37.0 Å². The van der Waals surface area contributed by atoms with Crippen LogP contribution in [0.25, 0.3) is 0 Å². The Hall–Kier alpha value is -1.56. The van der Waals surface area contributed by atoms with Crippen molar-refractivity contribution in [2.75, 3.05) is 26.3 Å². The molecule has 1 fully saturated rings. The summed E-state index contributed by atoms with van der Waals surface area (Å²) in [7, 11) is 0. The van der Waals surface area contributed by atoms with Crippen molar-refractivity contribution in [1.82, 2.24) is 4.90 Å². The predicted octanol–water partition coefficient (Wildman–Crippen LogP) is 2.56. The lowest BCUT2D eigenvalue weighted by Crippen LogP contribution is -2.41. The van der Waals surface area contributed by atoms with Crippen molar-refractivity contribution in [2.24, 2.45) is 0 Å². The summed E-state index contributed by atoms with van der Waals surface area (Å²) in [6.07, 6.45) is -4.12. The van der Waals surface area contributed by atoms with E-state index in [0.29, 0.717) is 37.7 Å². The molecule has 1 N–H and O–H groups in total. The van der Waals surface area contributed by atoms with Gasteiger partial charge in [-0.05, 0) is 11.6 Å². The van der Waals surface area contributed by atoms with Crippen LogP contribution in [0.4, 0.5) is 13.2 Å². The molecule has 104 valence electrons. The van der Waals surface area contributed by atoms with Gasteiger partial charge in [0.2, 0.25) is 0 Å². The molecule has 1 aliphatic heterocycles. The molecule has 0 atom stereocenters. The molecule has 1 aromatic rings. The standard InChI is InChI=1S/C13H15F3N2O/c14-13(15,16)11-3-1-2-10(8-11)9-12(17)18-4-6-19-7-5-18/h1-3,8,17H,4-7,9H2. The van der Waals surface area contributed by atoms with Crippen LogP contribution in [0, 0.1) is 5.41 Å². The monoisotopic (exact) mass is 272 g/mol. The number of alkyl halides is 3. The minimum Gasteiger partial charge on any atom is -0.378 e.